The van der Waals surface area contributed by atoms with Gasteiger partial charge in [-0.3, -0.25) is 0 Å². The molecular formula is C15H13BrClFO2. The minimum absolute atomic E-state index is 0.359. The topological polar surface area (TPSA) is 18.5 Å². The lowest BCUT2D eigenvalue weighted by Gasteiger charge is -2.15. The highest BCUT2D eigenvalue weighted by atomic mass is 79.9. The van der Waals surface area contributed by atoms with Crippen molar-refractivity contribution in [2.75, 3.05) is 14.2 Å². The Kier molecular flexibility index (Phi) is 4.89. The lowest BCUT2D eigenvalue weighted by atomic mass is 10.0. The molecule has 0 aromatic heterocycles. The van der Waals surface area contributed by atoms with Gasteiger partial charge < -0.3 is 9.47 Å². The molecule has 0 fully saturated rings. The number of ether oxygens (including phenoxy) is 2. The minimum atomic E-state index is -0.604. The van der Waals surface area contributed by atoms with Crippen molar-refractivity contribution in [3.05, 3.63) is 57.8 Å². The van der Waals surface area contributed by atoms with Gasteiger partial charge in [0.05, 0.1) is 24.1 Å². The molecule has 2 aromatic rings. The lowest BCUT2D eigenvalue weighted by molar-refractivity contribution is 0.354. The summed E-state index contributed by atoms with van der Waals surface area (Å²) in [6.45, 7) is 0. The highest BCUT2D eigenvalue weighted by molar-refractivity contribution is 9.10. The number of hydrogen-bond donors (Lipinski definition) is 0. The van der Waals surface area contributed by atoms with E-state index in [4.69, 9.17) is 21.1 Å². The molecule has 0 heterocycles. The summed E-state index contributed by atoms with van der Waals surface area (Å²) in [7, 11) is 3.11. The Morgan fingerprint density at radius 2 is 1.80 bits per heavy atom. The molecule has 0 saturated carbocycles. The number of halogens is 3. The SMILES string of the molecule is COc1ccc(C(Cl)c2cccc(Br)c2F)cc1OC. The van der Waals surface area contributed by atoms with Crippen LogP contribution >= 0.6 is 27.5 Å². The van der Waals surface area contributed by atoms with Crippen LogP contribution in [0.25, 0.3) is 0 Å². The van der Waals surface area contributed by atoms with E-state index >= 15 is 0 Å². The molecule has 5 heteroatoms. The van der Waals surface area contributed by atoms with Crippen molar-refractivity contribution in [3.8, 4) is 11.5 Å². The quantitative estimate of drug-likeness (QED) is 0.720. The molecule has 0 aliphatic rings. The molecule has 2 nitrogen and oxygen atoms in total. The number of hydrogen-bond acceptors (Lipinski definition) is 2. The average Bonchev–Trinajstić information content (AvgIpc) is 2.48. The fourth-order valence-corrected chi connectivity index (χ4v) is 2.59. The molecule has 2 rings (SSSR count). The van der Waals surface area contributed by atoms with Crippen LogP contribution in [0.4, 0.5) is 4.39 Å². The first-order valence-corrected chi connectivity index (χ1v) is 7.11. The third-order valence-electron chi connectivity index (χ3n) is 2.95. The van der Waals surface area contributed by atoms with E-state index in [1.165, 1.54) is 0 Å². The highest BCUT2D eigenvalue weighted by Gasteiger charge is 2.18. The van der Waals surface area contributed by atoms with Gasteiger partial charge in [-0.25, -0.2) is 4.39 Å². The van der Waals surface area contributed by atoms with Crippen LogP contribution in [0.1, 0.15) is 16.5 Å². The molecule has 2 aromatic carbocycles. The maximum atomic E-state index is 14.1. The van der Waals surface area contributed by atoms with Crippen LogP contribution in [-0.2, 0) is 0 Å². The minimum Gasteiger partial charge on any atom is -0.493 e. The van der Waals surface area contributed by atoms with E-state index in [1.54, 1.807) is 50.6 Å². The van der Waals surface area contributed by atoms with Crippen molar-refractivity contribution in [3.63, 3.8) is 0 Å². The summed E-state index contributed by atoms with van der Waals surface area (Å²) in [6, 6.07) is 10.3. The first-order valence-electron chi connectivity index (χ1n) is 5.88. The Labute approximate surface area is 130 Å². The molecule has 0 aliphatic carbocycles. The molecule has 1 atom stereocenters. The van der Waals surface area contributed by atoms with Crippen molar-refractivity contribution in [1.29, 1.82) is 0 Å². The summed E-state index contributed by atoms with van der Waals surface area (Å²) >= 11 is 9.54. The molecule has 0 saturated heterocycles. The van der Waals surface area contributed by atoms with Crippen LogP contribution in [0.5, 0.6) is 11.5 Å². The second kappa shape index (κ2) is 6.46. The first-order chi connectivity index (χ1) is 9.58. The summed E-state index contributed by atoms with van der Waals surface area (Å²) in [5.74, 6) is 0.808. The van der Waals surface area contributed by atoms with Gasteiger partial charge in [0.25, 0.3) is 0 Å². The van der Waals surface area contributed by atoms with Crippen LogP contribution in [0.3, 0.4) is 0 Å². The number of benzene rings is 2. The van der Waals surface area contributed by atoms with Crippen molar-refractivity contribution in [1.82, 2.24) is 0 Å². The molecule has 106 valence electrons. The molecule has 0 spiro atoms. The molecule has 1 unspecified atom stereocenters. The van der Waals surface area contributed by atoms with E-state index in [2.05, 4.69) is 15.9 Å². The van der Waals surface area contributed by atoms with Gasteiger partial charge in [0.1, 0.15) is 5.82 Å². The van der Waals surface area contributed by atoms with E-state index in [0.717, 1.165) is 5.56 Å². The van der Waals surface area contributed by atoms with Gasteiger partial charge in [-0.15, -0.1) is 11.6 Å². The van der Waals surface area contributed by atoms with Gasteiger partial charge in [0.15, 0.2) is 11.5 Å². The zero-order valence-corrected chi connectivity index (χ0v) is 13.3. The van der Waals surface area contributed by atoms with E-state index in [0.29, 0.717) is 21.5 Å². The summed E-state index contributed by atoms with van der Waals surface area (Å²) in [5.41, 5.74) is 1.15. The zero-order valence-electron chi connectivity index (χ0n) is 11.0. The fraction of sp³-hybridized carbons (Fsp3) is 0.200. The smallest absolute Gasteiger partial charge is 0.161 e. The van der Waals surface area contributed by atoms with Gasteiger partial charge >= 0.3 is 0 Å². The van der Waals surface area contributed by atoms with E-state index in [1.807, 2.05) is 0 Å². The molecule has 0 aliphatic heterocycles. The van der Waals surface area contributed by atoms with Gasteiger partial charge in [-0.05, 0) is 39.7 Å². The molecule has 0 N–H and O–H groups in total. The van der Waals surface area contributed by atoms with Crippen LogP contribution in [0.2, 0.25) is 0 Å². The van der Waals surface area contributed by atoms with Crippen LogP contribution in [0.15, 0.2) is 40.9 Å². The lowest BCUT2D eigenvalue weighted by Crippen LogP contribution is -1.99. The Bertz CT molecular complexity index is 619. The normalized spacial score (nSPS) is 12.1. The molecule has 0 amide bonds. The Hall–Kier alpha value is -1.26. The van der Waals surface area contributed by atoms with Crippen LogP contribution in [-0.4, -0.2) is 14.2 Å². The van der Waals surface area contributed by atoms with Crippen molar-refractivity contribution < 1.29 is 13.9 Å². The van der Waals surface area contributed by atoms with E-state index < -0.39 is 5.38 Å². The number of methoxy groups -OCH3 is 2. The monoisotopic (exact) mass is 358 g/mol. The van der Waals surface area contributed by atoms with Crippen molar-refractivity contribution >= 4 is 27.5 Å². The predicted molar refractivity (Wildman–Crippen MR) is 81.3 cm³/mol. The highest BCUT2D eigenvalue weighted by Crippen LogP contribution is 2.37. The summed E-state index contributed by atoms with van der Waals surface area (Å²) in [6.07, 6.45) is 0. The molecule has 0 radical (unpaired) electrons. The van der Waals surface area contributed by atoms with Gasteiger partial charge in [0.2, 0.25) is 0 Å². The predicted octanol–water partition coefficient (Wildman–Crippen LogP) is 4.93. The maximum absolute atomic E-state index is 14.1. The Morgan fingerprint density at radius 3 is 2.45 bits per heavy atom. The van der Waals surface area contributed by atoms with Crippen LogP contribution < -0.4 is 9.47 Å². The molecule has 0 bridgehead atoms. The fourth-order valence-electron chi connectivity index (χ4n) is 1.91. The average molecular weight is 360 g/mol. The van der Waals surface area contributed by atoms with Crippen LogP contribution in [0, 0.1) is 5.82 Å². The number of alkyl halides is 1. The van der Waals surface area contributed by atoms with Gasteiger partial charge in [-0.1, -0.05) is 18.2 Å². The van der Waals surface area contributed by atoms with E-state index in [9.17, 15) is 4.39 Å². The molecule has 20 heavy (non-hydrogen) atoms. The maximum Gasteiger partial charge on any atom is 0.161 e. The Balaban J connectivity index is 2.43. The second-order valence-corrected chi connectivity index (χ2v) is 5.41. The van der Waals surface area contributed by atoms with Crippen molar-refractivity contribution in [2.45, 2.75) is 5.38 Å². The third-order valence-corrected chi connectivity index (χ3v) is 4.05. The van der Waals surface area contributed by atoms with Gasteiger partial charge in [0, 0.05) is 5.56 Å². The third kappa shape index (κ3) is 2.91. The zero-order chi connectivity index (χ0) is 14.7. The van der Waals surface area contributed by atoms with E-state index in [-0.39, 0.29) is 5.82 Å². The largest absolute Gasteiger partial charge is 0.493 e. The Morgan fingerprint density at radius 1 is 1.10 bits per heavy atom. The summed E-state index contributed by atoms with van der Waals surface area (Å²) in [5, 5.41) is -0.604. The van der Waals surface area contributed by atoms with Gasteiger partial charge in [-0.2, -0.15) is 0 Å². The summed E-state index contributed by atoms with van der Waals surface area (Å²) in [4.78, 5) is 0. The first kappa shape index (κ1) is 15.1. The number of rotatable bonds is 4. The molecular weight excluding hydrogens is 347 g/mol. The summed E-state index contributed by atoms with van der Waals surface area (Å²) < 4.78 is 24.9. The standard InChI is InChI=1S/C15H13BrClFO2/c1-19-12-7-6-9(8-13(12)20-2)14(17)10-4-3-5-11(16)15(10)18/h3-8,14H,1-2H3. The van der Waals surface area contributed by atoms with Crippen molar-refractivity contribution in [2.24, 2.45) is 0 Å². The second-order valence-electron chi connectivity index (χ2n) is 4.12.